The predicted octanol–water partition coefficient (Wildman–Crippen LogP) is 8.15. The normalized spacial score (nSPS) is 20.4. The Morgan fingerprint density at radius 3 is 1.71 bits per heavy atom. The van der Waals surface area contributed by atoms with E-state index in [0.29, 0.717) is 30.2 Å². The van der Waals surface area contributed by atoms with Crippen LogP contribution in [0.25, 0.3) is 22.3 Å². The number of benzene rings is 2. The summed E-state index contributed by atoms with van der Waals surface area (Å²) in [6, 6.07) is 12.0. The Hall–Kier alpha value is -4.42. The van der Waals surface area contributed by atoms with Crippen LogP contribution >= 0.6 is 0 Å². The number of nitro groups is 1. The van der Waals surface area contributed by atoms with Gasteiger partial charge in [-0.05, 0) is 109 Å². The van der Waals surface area contributed by atoms with Gasteiger partial charge in [-0.25, -0.2) is 0 Å². The molecule has 2 aliphatic carbocycles. The first-order chi connectivity index (χ1) is 23.1. The smallest absolute Gasteiger partial charge is 0.292 e. The summed E-state index contributed by atoms with van der Waals surface area (Å²) in [4.78, 5) is 11.2. The van der Waals surface area contributed by atoms with Crippen LogP contribution in [0.4, 0.5) is 22.7 Å². The fourth-order valence-corrected chi connectivity index (χ4v) is 6.96. The molecule has 2 aromatic carbocycles. The number of aryl methyl sites for hydroxylation is 4. The Morgan fingerprint density at radius 2 is 1.27 bits per heavy atom. The zero-order valence-electron chi connectivity index (χ0n) is 28.8. The van der Waals surface area contributed by atoms with E-state index < -0.39 is 0 Å². The Kier molecular flexibility index (Phi) is 11.4. The number of rotatable bonds is 11. The molecule has 0 bridgehead atoms. The van der Waals surface area contributed by atoms with E-state index in [4.69, 9.17) is 24.3 Å². The molecule has 0 radical (unpaired) electrons. The van der Waals surface area contributed by atoms with Gasteiger partial charge in [0.05, 0.1) is 39.9 Å². The molecule has 0 unspecified atom stereocenters. The third-order valence-corrected chi connectivity index (χ3v) is 9.18. The van der Waals surface area contributed by atoms with Crippen LogP contribution in [0.1, 0.15) is 75.3 Å². The summed E-state index contributed by atoms with van der Waals surface area (Å²) >= 11 is 0. The molecule has 4 aromatic rings. The van der Waals surface area contributed by atoms with Gasteiger partial charge in [0.2, 0.25) is 0 Å². The molecule has 0 aliphatic heterocycles. The molecule has 2 aliphatic rings. The lowest BCUT2D eigenvalue weighted by molar-refractivity contribution is -0.383. The molecular formula is C36H48N6O6. The third-order valence-electron chi connectivity index (χ3n) is 9.18. The van der Waals surface area contributed by atoms with Crippen LogP contribution in [0.3, 0.4) is 0 Å². The molecule has 2 fully saturated rings. The Morgan fingerprint density at radius 1 is 0.792 bits per heavy atom. The van der Waals surface area contributed by atoms with E-state index in [0.717, 1.165) is 95.9 Å². The van der Waals surface area contributed by atoms with Crippen molar-refractivity contribution < 1.29 is 23.4 Å². The molecule has 2 heterocycles. The monoisotopic (exact) mass is 660 g/mol. The largest absolute Gasteiger partial charge is 0.397 e. The molecule has 0 amide bonds. The Labute approximate surface area is 281 Å². The molecule has 0 spiro atoms. The van der Waals surface area contributed by atoms with Crippen molar-refractivity contribution in [3.8, 4) is 22.3 Å². The minimum absolute atomic E-state index is 0.0670. The molecule has 258 valence electrons. The molecule has 12 heteroatoms. The summed E-state index contributed by atoms with van der Waals surface area (Å²) in [5.74, 6) is 1.47. The number of anilines is 3. The zero-order valence-corrected chi connectivity index (χ0v) is 28.8. The quantitative estimate of drug-likeness (QED) is 0.0808. The average molecular weight is 661 g/mol. The van der Waals surface area contributed by atoms with E-state index in [1.165, 1.54) is 0 Å². The van der Waals surface area contributed by atoms with Gasteiger partial charge < -0.3 is 34.9 Å². The maximum atomic E-state index is 11.6. The van der Waals surface area contributed by atoms with Crippen molar-refractivity contribution in [2.75, 3.05) is 29.6 Å². The highest BCUT2D eigenvalue weighted by atomic mass is 16.6. The Balaban J connectivity index is 0.000000188. The number of ether oxygens (including phenoxy) is 2. The molecule has 6 rings (SSSR count). The number of nitrogens with two attached hydrogens (primary N) is 1. The average Bonchev–Trinajstić information content (AvgIpc) is 3.84. The molecule has 4 N–H and O–H groups in total. The second kappa shape index (κ2) is 15.7. The topological polar surface area (TPSA) is 164 Å². The van der Waals surface area contributed by atoms with Gasteiger partial charge in [-0.3, -0.25) is 10.1 Å². The molecule has 0 saturated heterocycles. The van der Waals surface area contributed by atoms with Crippen molar-refractivity contribution in [3.05, 3.63) is 69.4 Å². The fourth-order valence-electron chi connectivity index (χ4n) is 6.96. The van der Waals surface area contributed by atoms with Crippen LogP contribution in [-0.2, 0) is 9.47 Å². The molecule has 2 saturated carbocycles. The van der Waals surface area contributed by atoms with Gasteiger partial charge in [-0.1, -0.05) is 22.4 Å². The highest BCUT2D eigenvalue weighted by Crippen LogP contribution is 2.36. The fraction of sp³-hybridized carbons (Fsp3) is 0.500. The number of nitrogens with one attached hydrogen (secondary N) is 2. The van der Waals surface area contributed by atoms with Crippen molar-refractivity contribution in [1.82, 2.24) is 10.3 Å². The summed E-state index contributed by atoms with van der Waals surface area (Å²) in [6.45, 7) is 13.0. The zero-order chi connectivity index (χ0) is 34.4. The molecule has 2 aromatic heterocycles. The lowest BCUT2D eigenvalue weighted by Crippen LogP contribution is -2.18. The van der Waals surface area contributed by atoms with Gasteiger partial charge in [0, 0.05) is 42.5 Å². The number of aromatic nitrogens is 2. The van der Waals surface area contributed by atoms with E-state index in [9.17, 15) is 10.1 Å². The molecule has 4 atom stereocenters. The standard InChI is InChI=1S/C18H23N3O4.C18H25N3O2/c1-4-24-15-7-6-14(10-15)19-16-8-5-13(9-17(16)21(22)23)18-11(2)20-25-12(18)3;1-4-22-15-7-6-14(10-15)20-17-8-5-13(9-16(17)19)18-11(2)21-23-12(18)3/h5,8-9,14-15,19H,4,6-7,10H2,1-3H3;5,8-9,14-15,20H,4,6-7,10,19H2,1-3H3/t2*14-,15-/m11/s1. The summed E-state index contributed by atoms with van der Waals surface area (Å²) in [7, 11) is 0. The molecular weight excluding hydrogens is 612 g/mol. The first-order valence-electron chi connectivity index (χ1n) is 16.9. The second-order valence-electron chi connectivity index (χ2n) is 12.7. The number of hydrogen-bond acceptors (Lipinski definition) is 11. The highest BCUT2D eigenvalue weighted by Gasteiger charge is 2.28. The van der Waals surface area contributed by atoms with Crippen molar-refractivity contribution in [2.45, 2.75) is 104 Å². The van der Waals surface area contributed by atoms with Crippen LogP contribution in [0, 0.1) is 37.8 Å². The summed E-state index contributed by atoms with van der Waals surface area (Å²) in [6.07, 6.45) is 6.70. The number of nitrogens with zero attached hydrogens (tertiary/aromatic N) is 3. The van der Waals surface area contributed by atoms with Gasteiger partial charge in [-0.2, -0.15) is 0 Å². The van der Waals surface area contributed by atoms with Crippen molar-refractivity contribution >= 4 is 22.7 Å². The minimum atomic E-state index is -0.348. The van der Waals surface area contributed by atoms with Crippen molar-refractivity contribution in [2.24, 2.45) is 0 Å². The van der Waals surface area contributed by atoms with Crippen molar-refractivity contribution in [1.29, 1.82) is 0 Å². The SMILES string of the molecule is CCO[C@@H]1CC[C@@H](Nc2ccc(-c3c(C)noc3C)cc2N)C1.CCO[C@@H]1CC[C@@H](Nc2ccc(-c3c(C)noc3C)cc2[N+](=O)[O-])C1. The van der Waals surface area contributed by atoms with Crippen LogP contribution in [0.5, 0.6) is 0 Å². The van der Waals surface area contributed by atoms with Crippen LogP contribution in [-0.4, -0.2) is 52.7 Å². The van der Waals surface area contributed by atoms with Gasteiger partial charge in [-0.15, -0.1) is 0 Å². The Bertz CT molecular complexity index is 1660. The van der Waals surface area contributed by atoms with Crippen LogP contribution < -0.4 is 16.4 Å². The van der Waals surface area contributed by atoms with Crippen molar-refractivity contribution in [3.63, 3.8) is 0 Å². The number of nitro benzene ring substituents is 1. The van der Waals surface area contributed by atoms with Crippen LogP contribution in [0.15, 0.2) is 45.4 Å². The number of hydrogen-bond donors (Lipinski definition) is 3. The van der Waals surface area contributed by atoms with E-state index in [2.05, 4.69) is 27.0 Å². The summed E-state index contributed by atoms with van der Waals surface area (Å²) in [5.41, 5.74) is 13.8. The van der Waals surface area contributed by atoms with E-state index in [1.54, 1.807) is 19.1 Å². The first-order valence-corrected chi connectivity index (χ1v) is 16.9. The van der Waals surface area contributed by atoms with Gasteiger partial charge in [0.1, 0.15) is 17.2 Å². The maximum absolute atomic E-state index is 11.6. The summed E-state index contributed by atoms with van der Waals surface area (Å²) < 4.78 is 21.8. The lowest BCUT2D eigenvalue weighted by atomic mass is 10.0. The number of nitrogen functional groups attached to an aromatic ring is 1. The van der Waals surface area contributed by atoms with E-state index >= 15 is 0 Å². The van der Waals surface area contributed by atoms with Gasteiger partial charge in [0.25, 0.3) is 5.69 Å². The summed E-state index contributed by atoms with van der Waals surface area (Å²) in [5, 5.41) is 26.4. The first kappa shape index (κ1) is 34.9. The third kappa shape index (κ3) is 8.16. The predicted molar refractivity (Wildman–Crippen MR) is 187 cm³/mol. The van der Waals surface area contributed by atoms with Gasteiger partial charge in [0.15, 0.2) is 0 Å². The minimum Gasteiger partial charge on any atom is -0.397 e. The second-order valence-corrected chi connectivity index (χ2v) is 12.7. The van der Waals surface area contributed by atoms with Gasteiger partial charge >= 0.3 is 0 Å². The molecule has 48 heavy (non-hydrogen) atoms. The van der Waals surface area contributed by atoms with E-state index in [1.807, 2.05) is 52.8 Å². The maximum Gasteiger partial charge on any atom is 0.292 e. The molecule has 12 nitrogen and oxygen atoms in total. The lowest BCUT2D eigenvalue weighted by Gasteiger charge is -2.17. The van der Waals surface area contributed by atoms with Crippen LogP contribution in [0.2, 0.25) is 0 Å². The van der Waals surface area contributed by atoms with E-state index in [-0.39, 0.29) is 22.8 Å². The highest BCUT2D eigenvalue weighted by molar-refractivity contribution is 5.78.